The van der Waals surface area contributed by atoms with Gasteiger partial charge in [-0.15, -0.1) is 0 Å². The molecule has 0 bridgehead atoms. The number of rotatable bonds is 3. The van der Waals surface area contributed by atoms with Gasteiger partial charge in [0.1, 0.15) is 11.9 Å². The van der Waals surface area contributed by atoms with Crippen molar-refractivity contribution in [2.24, 2.45) is 0 Å². The largest absolute Gasteiger partial charge is 0.478 e. The summed E-state index contributed by atoms with van der Waals surface area (Å²) in [6, 6.07) is 8.17. The van der Waals surface area contributed by atoms with Crippen LogP contribution in [0.1, 0.15) is 23.2 Å². The standard InChI is InChI=1S/C15H15N3O3/c19-14-12(6-3-7-16-14)18-13-8-10(15(20)21)9-4-1-2-5-11(9)17-13/h1-2,4-5,8,12H,3,6-7H2,(H,16,19)(H,17,18)(H,20,21). The van der Waals surface area contributed by atoms with Crippen molar-refractivity contribution < 1.29 is 14.7 Å². The van der Waals surface area contributed by atoms with E-state index in [-0.39, 0.29) is 17.5 Å². The highest BCUT2D eigenvalue weighted by Crippen LogP contribution is 2.22. The third-order valence-electron chi connectivity index (χ3n) is 3.55. The van der Waals surface area contributed by atoms with Gasteiger partial charge >= 0.3 is 5.97 Å². The fourth-order valence-electron chi connectivity index (χ4n) is 2.51. The fourth-order valence-corrected chi connectivity index (χ4v) is 2.51. The molecule has 1 unspecified atom stereocenters. The maximum Gasteiger partial charge on any atom is 0.336 e. The maximum absolute atomic E-state index is 11.8. The monoisotopic (exact) mass is 285 g/mol. The average Bonchev–Trinajstić information content (AvgIpc) is 2.48. The van der Waals surface area contributed by atoms with Crippen LogP contribution < -0.4 is 10.6 Å². The molecule has 1 aliphatic rings. The first-order valence-electron chi connectivity index (χ1n) is 6.82. The second-order valence-corrected chi connectivity index (χ2v) is 5.01. The van der Waals surface area contributed by atoms with E-state index in [0.717, 1.165) is 6.42 Å². The molecule has 3 N–H and O–H groups in total. The van der Waals surface area contributed by atoms with Crippen LogP contribution in [-0.4, -0.2) is 34.6 Å². The molecule has 0 aliphatic carbocycles. The SMILES string of the molecule is O=C(O)c1cc(NC2CCCNC2=O)nc2ccccc12. The molecule has 1 aromatic carbocycles. The Kier molecular flexibility index (Phi) is 3.43. The van der Waals surface area contributed by atoms with Gasteiger partial charge in [-0.25, -0.2) is 9.78 Å². The molecule has 6 nitrogen and oxygen atoms in total. The van der Waals surface area contributed by atoms with Gasteiger partial charge in [-0.3, -0.25) is 4.79 Å². The van der Waals surface area contributed by atoms with E-state index in [2.05, 4.69) is 15.6 Å². The van der Waals surface area contributed by atoms with Gasteiger partial charge in [-0.05, 0) is 25.0 Å². The summed E-state index contributed by atoms with van der Waals surface area (Å²) in [6.45, 7) is 0.683. The number of carbonyl (C=O) groups is 2. The molecule has 1 aromatic heterocycles. The lowest BCUT2D eigenvalue weighted by Gasteiger charge is -2.23. The number of aromatic nitrogens is 1. The Bertz CT molecular complexity index is 714. The quantitative estimate of drug-likeness (QED) is 0.797. The summed E-state index contributed by atoms with van der Waals surface area (Å²) in [6.07, 6.45) is 1.60. The van der Waals surface area contributed by atoms with Gasteiger partial charge in [0.15, 0.2) is 0 Å². The molecule has 1 saturated heterocycles. The predicted molar refractivity (Wildman–Crippen MR) is 78.4 cm³/mol. The fraction of sp³-hybridized carbons (Fsp3) is 0.267. The lowest BCUT2D eigenvalue weighted by atomic mass is 10.1. The first-order valence-corrected chi connectivity index (χ1v) is 6.82. The minimum Gasteiger partial charge on any atom is -0.478 e. The Labute approximate surface area is 121 Å². The van der Waals surface area contributed by atoms with Gasteiger partial charge in [0, 0.05) is 11.9 Å². The lowest BCUT2D eigenvalue weighted by Crippen LogP contribution is -2.44. The molecule has 21 heavy (non-hydrogen) atoms. The summed E-state index contributed by atoms with van der Waals surface area (Å²) in [5, 5.41) is 15.7. The Morgan fingerprint density at radius 1 is 1.38 bits per heavy atom. The van der Waals surface area contributed by atoms with Crippen LogP contribution in [-0.2, 0) is 4.79 Å². The van der Waals surface area contributed by atoms with Crippen molar-refractivity contribution in [2.75, 3.05) is 11.9 Å². The molecule has 1 atom stereocenters. The van der Waals surface area contributed by atoms with E-state index >= 15 is 0 Å². The number of benzene rings is 1. The molecule has 6 heteroatoms. The third-order valence-corrected chi connectivity index (χ3v) is 3.55. The smallest absolute Gasteiger partial charge is 0.336 e. The Hall–Kier alpha value is -2.63. The molecule has 1 aliphatic heterocycles. The van der Waals surface area contributed by atoms with E-state index in [4.69, 9.17) is 0 Å². The predicted octanol–water partition coefficient (Wildman–Crippen LogP) is 1.62. The first kappa shape index (κ1) is 13.4. The highest BCUT2D eigenvalue weighted by molar-refractivity contribution is 6.03. The van der Waals surface area contributed by atoms with Crippen LogP contribution >= 0.6 is 0 Å². The zero-order valence-electron chi connectivity index (χ0n) is 11.3. The van der Waals surface area contributed by atoms with E-state index in [1.165, 1.54) is 6.07 Å². The number of nitrogens with zero attached hydrogens (tertiary/aromatic N) is 1. The van der Waals surface area contributed by atoms with E-state index < -0.39 is 5.97 Å². The van der Waals surface area contributed by atoms with Crippen molar-refractivity contribution in [1.29, 1.82) is 0 Å². The van der Waals surface area contributed by atoms with Gasteiger partial charge in [0.25, 0.3) is 0 Å². The van der Waals surface area contributed by atoms with Crippen molar-refractivity contribution in [2.45, 2.75) is 18.9 Å². The van der Waals surface area contributed by atoms with Crippen LogP contribution in [0.15, 0.2) is 30.3 Å². The molecule has 0 saturated carbocycles. The van der Waals surface area contributed by atoms with Gasteiger partial charge in [-0.1, -0.05) is 18.2 Å². The normalized spacial score (nSPS) is 18.3. The summed E-state index contributed by atoms with van der Waals surface area (Å²) < 4.78 is 0. The number of aromatic carboxylic acids is 1. The second-order valence-electron chi connectivity index (χ2n) is 5.01. The molecular formula is C15H15N3O3. The molecular weight excluding hydrogens is 270 g/mol. The number of carboxylic acid groups (broad SMARTS) is 1. The average molecular weight is 285 g/mol. The number of carbonyl (C=O) groups excluding carboxylic acids is 1. The number of carboxylic acids is 1. The highest BCUT2D eigenvalue weighted by Gasteiger charge is 2.22. The zero-order chi connectivity index (χ0) is 14.8. The number of nitrogens with one attached hydrogen (secondary N) is 2. The van der Waals surface area contributed by atoms with Gasteiger partial charge in [-0.2, -0.15) is 0 Å². The maximum atomic E-state index is 11.8. The van der Waals surface area contributed by atoms with Crippen molar-refractivity contribution in [3.05, 3.63) is 35.9 Å². The number of hydrogen-bond donors (Lipinski definition) is 3. The molecule has 1 fully saturated rings. The van der Waals surface area contributed by atoms with Crippen LogP contribution in [0.3, 0.4) is 0 Å². The number of para-hydroxylation sites is 1. The summed E-state index contributed by atoms with van der Waals surface area (Å²) in [7, 11) is 0. The Balaban J connectivity index is 1.99. The second kappa shape index (κ2) is 5.40. The summed E-state index contributed by atoms with van der Waals surface area (Å²) in [5.74, 6) is -0.675. The highest BCUT2D eigenvalue weighted by atomic mass is 16.4. The number of anilines is 1. The number of hydrogen-bond acceptors (Lipinski definition) is 4. The molecule has 108 valence electrons. The summed E-state index contributed by atoms with van der Waals surface area (Å²) in [5.41, 5.74) is 0.774. The summed E-state index contributed by atoms with van der Waals surface area (Å²) in [4.78, 5) is 27.5. The van der Waals surface area contributed by atoms with E-state index in [0.29, 0.717) is 29.7 Å². The lowest BCUT2D eigenvalue weighted by molar-refractivity contribution is -0.123. The van der Waals surface area contributed by atoms with Crippen LogP contribution in [0.5, 0.6) is 0 Å². The molecule has 0 radical (unpaired) electrons. The number of pyridine rings is 1. The van der Waals surface area contributed by atoms with E-state index in [1.807, 2.05) is 0 Å². The van der Waals surface area contributed by atoms with Crippen molar-refractivity contribution in [3.63, 3.8) is 0 Å². The van der Waals surface area contributed by atoms with E-state index in [9.17, 15) is 14.7 Å². The van der Waals surface area contributed by atoms with Crippen molar-refractivity contribution in [3.8, 4) is 0 Å². The topological polar surface area (TPSA) is 91.3 Å². The molecule has 3 rings (SSSR count). The zero-order valence-corrected chi connectivity index (χ0v) is 11.3. The number of piperidine rings is 1. The molecule has 2 heterocycles. The van der Waals surface area contributed by atoms with Crippen molar-refractivity contribution >= 4 is 28.6 Å². The third kappa shape index (κ3) is 2.65. The first-order chi connectivity index (χ1) is 10.1. The van der Waals surface area contributed by atoms with Gasteiger partial charge < -0.3 is 15.7 Å². The Morgan fingerprint density at radius 3 is 2.95 bits per heavy atom. The number of amides is 1. The van der Waals surface area contributed by atoms with Gasteiger partial charge in [0.2, 0.25) is 5.91 Å². The summed E-state index contributed by atoms with van der Waals surface area (Å²) >= 11 is 0. The molecule has 1 amide bonds. The van der Waals surface area contributed by atoms with E-state index in [1.54, 1.807) is 24.3 Å². The minimum absolute atomic E-state index is 0.0758. The number of fused-ring (bicyclic) bond motifs is 1. The van der Waals surface area contributed by atoms with Crippen molar-refractivity contribution in [1.82, 2.24) is 10.3 Å². The van der Waals surface area contributed by atoms with Gasteiger partial charge in [0.05, 0.1) is 11.1 Å². The van der Waals surface area contributed by atoms with Crippen LogP contribution in [0.4, 0.5) is 5.82 Å². The Morgan fingerprint density at radius 2 is 2.19 bits per heavy atom. The van der Waals surface area contributed by atoms with Crippen LogP contribution in [0, 0.1) is 0 Å². The minimum atomic E-state index is -1.01. The molecule has 2 aromatic rings. The molecule has 0 spiro atoms. The van der Waals surface area contributed by atoms with Crippen LogP contribution in [0.25, 0.3) is 10.9 Å². The van der Waals surface area contributed by atoms with Crippen LogP contribution in [0.2, 0.25) is 0 Å².